The first-order valence-corrected chi connectivity index (χ1v) is 11.1. The van der Waals surface area contributed by atoms with Crippen LogP contribution in [0.2, 0.25) is 0 Å². The van der Waals surface area contributed by atoms with E-state index >= 15 is 0 Å². The molecule has 5 nitrogen and oxygen atoms in total. The van der Waals surface area contributed by atoms with Gasteiger partial charge in [0.25, 0.3) is 0 Å². The fraction of sp³-hybridized carbons (Fsp3) is 0.455. The lowest BCUT2D eigenvalue weighted by molar-refractivity contribution is 0.0331. The molecule has 0 unspecified atom stereocenters. The Hall–Kier alpha value is -2.02. The SMILES string of the molecule is CCC(CC)Nc1nc(CN2CCOCC2)nc2scc(-c3ccccc3)c12. The van der Waals surface area contributed by atoms with Crippen molar-refractivity contribution in [1.82, 2.24) is 14.9 Å². The van der Waals surface area contributed by atoms with Crippen molar-refractivity contribution in [3.8, 4) is 11.1 Å². The van der Waals surface area contributed by atoms with E-state index < -0.39 is 0 Å². The monoisotopic (exact) mass is 396 g/mol. The van der Waals surface area contributed by atoms with Gasteiger partial charge in [0.1, 0.15) is 16.5 Å². The van der Waals surface area contributed by atoms with E-state index in [1.54, 1.807) is 11.3 Å². The van der Waals surface area contributed by atoms with Crippen LogP contribution in [0.5, 0.6) is 0 Å². The highest BCUT2D eigenvalue weighted by atomic mass is 32.1. The van der Waals surface area contributed by atoms with Crippen LogP contribution in [0.15, 0.2) is 35.7 Å². The first-order chi connectivity index (χ1) is 13.8. The molecule has 1 aliphatic heterocycles. The average Bonchev–Trinajstić information content (AvgIpc) is 3.17. The van der Waals surface area contributed by atoms with Crippen molar-refractivity contribution in [3.63, 3.8) is 0 Å². The first-order valence-electron chi connectivity index (χ1n) is 10.2. The second-order valence-corrected chi connectivity index (χ2v) is 8.09. The van der Waals surface area contributed by atoms with Gasteiger partial charge in [0.15, 0.2) is 0 Å². The van der Waals surface area contributed by atoms with Crippen LogP contribution in [0.1, 0.15) is 32.5 Å². The summed E-state index contributed by atoms with van der Waals surface area (Å²) in [6.07, 6.45) is 2.15. The summed E-state index contributed by atoms with van der Waals surface area (Å²) in [5, 5.41) is 7.07. The van der Waals surface area contributed by atoms with E-state index in [4.69, 9.17) is 14.7 Å². The quantitative estimate of drug-likeness (QED) is 0.622. The van der Waals surface area contributed by atoms with Gasteiger partial charge in [-0.15, -0.1) is 11.3 Å². The maximum atomic E-state index is 5.47. The van der Waals surface area contributed by atoms with Crippen molar-refractivity contribution in [1.29, 1.82) is 0 Å². The molecule has 0 saturated carbocycles. The number of fused-ring (bicyclic) bond motifs is 1. The molecular weight excluding hydrogens is 368 g/mol. The molecule has 0 radical (unpaired) electrons. The molecule has 3 heterocycles. The molecule has 1 aromatic carbocycles. The molecule has 6 heteroatoms. The predicted octanol–water partition coefficient (Wildman–Crippen LogP) is 4.79. The molecule has 0 aliphatic carbocycles. The summed E-state index contributed by atoms with van der Waals surface area (Å²) in [5.41, 5.74) is 2.43. The second kappa shape index (κ2) is 8.99. The number of rotatable bonds is 7. The topological polar surface area (TPSA) is 50.3 Å². The molecule has 0 bridgehead atoms. The minimum atomic E-state index is 0.415. The number of ether oxygens (including phenoxy) is 1. The van der Waals surface area contributed by atoms with E-state index in [0.29, 0.717) is 6.04 Å². The molecule has 1 fully saturated rings. The normalized spacial score (nSPS) is 15.4. The minimum absolute atomic E-state index is 0.415. The fourth-order valence-electron chi connectivity index (χ4n) is 3.64. The summed E-state index contributed by atoms with van der Waals surface area (Å²) in [6.45, 7) is 8.68. The summed E-state index contributed by atoms with van der Waals surface area (Å²) in [7, 11) is 0. The third-order valence-corrected chi connectivity index (χ3v) is 6.23. The number of thiophene rings is 1. The predicted molar refractivity (Wildman–Crippen MR) is 117 cm³/mol. The van der Waals surface area contributed by atoms with Crippen molar-refractivity contribution in [2.75, 3.05) is 31.6 Å². The molecule has 2 aromatic heterocycles. The van der Waals surface area contributed by atoms with E-state index in [9.17, 15) is 0 Å². The molecular formula is C22H28N4OS. The van der Waals surface area contributed by atoms with Gasteiger partial charge in [0.2, 0.25) is 0 Å². The summed E-state index contributed by atoms with van der Waals surface area (Å²) < 4.78 is 5.47. The number of morpholine rings is 1. The smallest absolute Gasteiger partial charge is 0.146 e. The van der Waals surface area contributed by atoms with Gasteiger partial charge in [-0.3, -0.25) is 4.90 Å². The Bertz CT molecular complexity index is 902. The van der Waals surface area contributed by atoms with Gasteiger partial charge in [-0.2, -0.15) is 0 Å². The van der Waals surface area contributed by atoms with Crippen molar-refractivity contribution >= 4 is 27.4 Å². The Morgan fingerprint density at radius 1 is 1.11 bits per heavy atom. The van der Waals surface area contributed by atoms with Crippen LogP contribution in [0, 0.1) is 0 Å². The van der Waals surface area contributed by atoms with Gasteiger partial charge in [-0.1, -0.05) is 44.2 Å². The van der Waals surface area contributed by atoms with Gasteiger partial charge in [0, 0.05) is 30.1 Å². The Labute approximate surface area is 170 Å². The highest BCUT2D eigenvalue weighted by molar-refractivity contribution is 7.17. The molecule has 1 saturated heterocycles. The maximum absolute atomic E-state index is 5.47. The summed E-state index contributed by atoms with van der Waals surface area (Å²) in [5.74, 6) is 1.87. The van der Waals surface area contributed by atoms with Crippen molar-refractivity contribution in [2.24, 2.45) is 0 Å². The number of nitrogens with one attached hydrogen (secondary N) is 1. The minimum Gasteiger partial charge on any atom is -0.379 e. The summed E-state index contributed by atoms with van der Waals surface area (Å²) >= 11 is 1.71. The Balaban J connectivity index is 1.75. The lowest BCUT2D eigenvalue weighted by Gasteiger charge is -2.26. The first kappa shape index (κ1) is 19.3. The third-order valence-electron chi connectivity index (χ3n) is 5.36. The van der Waals surface area contributed by atoms with E-state index in [1.165, 1.54) is 11.1 Å². The zero-order valence-corrected chi connectivity index (χ0v) is 17.5. The van der Waals surface area contributed by atoms with Gasteiger partial charge >= 0.3 is 0 Å². The molecule has 0 amide bonds. The zero-order chi connectivity index (χ0) is 19.3. The number of hydrogen-bond donors (Lipinski definition) is 1. The average molecular weight is 397 g/mol. The highest BCUT2D eigenvalue weighted by Gasteiger charge is 2.19. The molecule has 28 heavy (non-hydrogen) atoms. The molecule has 4 rings (SSSR count). The van der Waals surface area contributed by atoms with E-state index in [0.717, 1.165) is 67.5 Å². The molecule has 3 aromatic rings. The largest absolute Gasteiger partial charge is 0.379 e. The van der Waals surface area contributed by atoms with Crippen LogP contribution in [0.4, 0.5) is 5.82 Å². The van der Waals surface area contributed by atoms with E-state index in [1.807, 2.05) is 0 Å². The lowest BCUT2D eigenvalue weighted by Crippen LogP contribution is -2.36. The number of hydrogen-bond acceptors (Lipinski definition) is 6. The molecule has 1 aliphatic rings. The van der Waals surface area contributed by atoms with Crippen LogP contribution >= 0.6 is 11.3 Å². The number of nitrogens with zero attached hydrogens (tertiary/aromatic N) is 3. The van der Waals surface area contributed by atoms with Crippen LogP contribution in [0.25, 0.3) is 21.3 Å². The second-order valence-electron chi connectivity index (χ2n) is 7.23. The molecule has 1 N–H and O–H groups in total. The van der Waals surface area contributed by atoms with Crippen molar-refractivity contribution < 1.29 is 4.74 Å². The van der Waals surface area contributed by atoms with Gasteiger partial charge in [-0.05, 0) is 18.4 Å². The summed E-state index contributed by atoms with van der Waals surface area (Å²) in [4.78, 5) is 13.3. The van der Waals surface area contributed by atoms with E-state index in [-0.39, 0.29) is 0 Å². The zero-order valence-electron chi connectivity index (χ0n) is 16.6. The van der Waals surface area contributed by atoms with E-state index in [2.05, 4.69) is 59.8 Å². The molecule has 0 spiro atoms. The van der Waals surface area contributed by atoms with Crippen molar-refractivity contribution in [3.05, 3.63) is 41.5 Å². The molecule has 148 valence electrons. The van der Waals surface area contributed by atoms with Gasteiger partial charge < -0.3 is 10.1 Å². The van der Waals surface area contributed by atoms with Crippen LogP contribution < -0.4 is 5.32 Å². The van der Waals surface area contributed by atoms with Gasteiger partial charge in [0.05, 0.1) is 25.1 Å². The highest BCUT2D eigenvalue weighted by Crippen LogP contribution is 2.37. The Kier molecular flexibility index (Phi) is 6.20. The van der Waals surface area contributed by atoms with Crippen LogP contribution in [-0.4, -0.2) is 47.2 Å². The Morgan fingerprint density at radius 3 is 2.57 bits per heavy atom. The fourth-order valence-corrected chi connectivity index (χ4v) is 4.60. The van der Waals surface area contributed by atoms with Crippen LogP contribution in [0.3, 0.4) is 0 Å². The van der Waals surface area contributed by atoms with Crippen LogP contribution in [-0.2, 0) is 11.3 Å². The molecule has 0 atom stereocenters. The lowest BCUT2D eigenvalue weighted by atomic mass is 10.1. The number of aromatic nitrogens is 2. The standard InChI is InChI=1S/C22H28N4OS/c1-3-17(4-2)23-21-20-18(16-8-6-5-7-9-16)15-28-22(20)25-19(24-21)14-26-10-12-27-13-11-26/h5-9,15,17H,3-4,10-14H2,1-2H3,(H,23,24,25). The van der Waals surface area contributed by atoms with Crippen molar-refractivity contribution in [2.45, 2.75) is 39.3 Å². The Morgan fingerprint density at radius 2 is 1.86 bits per heavy atom. The number of benzene rings is 1. The van der Waals surface area contributed by atoms with Gasteiger partial charge in [-0.25, -0.2) is 9.97 Å². The summed E-state index contributed by atoms with van der Waals surface area (Å²) in [6, 6.07) is 10.9. The number of anilines is 1. The maximum Gasteiger partial charge on any atom is 0.146 e. The third kappa shape index (κ3) is 4.19.